The molecule has 0 heterocycles. The smallest absolute Gasteiger partial charge is 0.239 e. The molecule has 4 nitrogen and oxygen atoms in total. The summed E-state index contributed by atoms with van der Waals surface area (Å²) >= 11 is 0. The van der Waals surface area contributed by atoms with Crippen LogP contribution in [0.25, 0.3) is 0 Å². The number of nitrogens with one attached hydrogen (secondary N) is 1. The van der Waals surface area contributed by atoms with Gasteiger partial charge in [-0.15, -0.1) is 6.58 Å². The van der Waals surface area contributed by atoms with Crippen LogP contribution in [0.15, 0.2) is 43.0 Å². The summed E-state index contributed by atoms with van der Waals surface area (Å²) in [6.07, 6.45) is 1.62. The van der Waals surface area contributed by atoms with E-state index in [1.165, 1.54) is 0 Å². The molecule has 0 aromatic heterocycles. The molecule has 0 saturated heterocycles. The first kappa shape index (κ1) is 13.4. The molecule has 0 radical (unpaired) electrons. The summed E-state index contributed by atoms with van der Waals surface area (Å²) in [6.45, 7) is 4.60. The quantitative estimate of drug-likeness (QED) is 0.542. The van der Waals surface area contributed by atoms with Gasteiger partial charge in [-0.1, -0.05) is 36.4 Å². The molecule has 0 fully saturated rings. The molecule has 0 spiro atoms. The molecular weight excluding hydrogens is 216 g/mol. The van der Waals surface area contributed by atoms with Gasteiger partial charge in [0.15, 0.2) is 0 Å². The van der Waals surface area contributed by atoms with E-state index in [9.17, 15) is 4.79 Å². The average molecular weight is 234 g/mol. The standard InChI is InChI=1S/C13H18N2O2/c1-2-8-17-10-12(14)13(16)15-9-11-6-4-3-5-7-11/h2-7,12H,1,8-10,14H2,(H,15,16)/t12-/m0/s1. The van der Waals surface area contributed by atoms with Crippen LogP contribution < -0.4 is 11.1 Å². The Labute approximate surface area is 101 Å². The molecule has 0 aliphatic heterocycles. The lowest BCUT2D eigenvalue weighted by atomic mass is 10.2. The molecule has 3 N–H and O–H groups in total. The van der Waals surface area contributed by atoms with E-state index in [2.05, 4.69) is 11.9 Å². The Balaban J connectivity index is 2.26. The highest BCUT2D eigenvalue weighted by Gasteiger charge is 2.12. The molecule has 0 unspecified atom stereocenters. The van der Waals surface area contributed by atoms with Crippen LogP contribution in [0.5, 0.6) is 0 Å². The maximum atomic E-state index is 11.6. The fourth-order valence-electron chi connectivity index (χ4n) is 1.27. The van der Waals surface area contributed by atoms with Crippen LogP contribution in [0.4, 0.5) is 0 Å². The number of rotatable bonds is 7. The molecule has 0 bridgehead atoms. The zero-order chi connectivity index (χ0) is 12.5. The van der Waals surface area contributed by atoms with Gasteiger partial charge < -0.3 is 15.8 Å². The van der Waals surface area contributed by atoms with Crippen molar-refractivity contribution in [1.82, 2.24) is 5.32 Å². The highest BCUT2D eigenvalue weighted by Crippen LogP contribution is 1.97. The Kier molecular flexibility index (Phi) is 5.99. The van der Waals surface area contributed by atoms with Gasteiger partial charge in [0.05, 0.1) is 13.2 Å². The minimum atomic E-state index is -0.640. The average Bonchev–Trinajstić information content (AvgIpc) is 2.37. The van der Waals surface area contributed by atoms with Crippen molar-refractivity contribution < 1.29 is 9.53 Å². The van der Waals surface area contributed by atoms with Crippen molar-refractivity contribution in [2.75, 3.05) is 13.2 Å². The molecule has 0 saturated carbocycles. The number of carbonyl (C=O) groups is 1. The summed E-state index contributed by atoms with van der Waals surface area (Å²) in [6, 6.07) is 9.03. The molecule has 17 heavy (non-hydrogen) atoms. The molecule has 92 valence electrons. The van der Waals surface area contributed by atoms with Crippen LogP contribution in [0.1, 0.15) is 5.56 Å². The van der Waals surface area contributed by atoms with Crippen LogP contribution in [0.3, 0.4) is 0 Å². The lowest BCUT2D eigenvalue weighted by molar-refractivity contribution is -0.123. The first-order valence-electron chi connectivity index (χ1n) is 5.50. The molecule has 1 rings (SSSR count). The predicted octanol–water partition coefficient (Wildman–Crippen LogP) is 0.833. The number of carbonyl (C=O) groups excluding carboxylic acids is 1. The number of nitrogens with two attached hydrogens (primary N) is 1. The lowest BCUT2D eigenvalue weighted by Crippen LogP contribution is -2.43. The van der Waals surface area contributed by atoms with Crippen LogP contribution >= 0.6 is 0 Å². The molecule has 1 aromatic rings. The fraction of sp³-hybridized carbons (Fsp3) is 0.308. The van der Waals surface area contributed by atoms with E-state index < -0.39 is 6.04 Å². The van der Waals surface area contributed by atoms with E-state index in [-0.39, 0.29) is 12.5 Å². The Morgan fingerprint density at radius 1 is 1.47 bits per heavy atom. The van der Waals surface area contributed by atoms with Crippen LogP contribution in [-0.4, -0.2) is 25.2 Å². The summed E-state index contributed by atoms with van der Waals surface area (Å²) in [5.74, 6) is -0.210. The largest absolute Gasteiger partial charge is 0.375 e. The van der Waals surface area contributed by atoms with E-state index in [1.54, 1.807) is 6.08 Å². The molecular formula is C13H18N2O2. The summed E-state index contributed by atoms with van der Waals surface area (Å²) < 4.78 is 5.11. The first-order valence-corrected chi connectivity index (χ1v) is 5.50. The highest BCUT2D eigenvalue weighted by atomic mass is 16.5. The zero-order valence-corrected chi connectivity index (χ0v) is 9.76. The normalized spacial score (nSPS) is 11.8. The van der Waals surface area contributed by atoms with E-state index in [1.807, 2.05) is 30.3 Å². The summed E-state index contributed by atoms with van der Waals surface area (Å²) in [7, 11) is 0. The van der Waals surface area contributed by atoms with Gasteiger partial charge >= 0.3 is 0 Å². The Morgan fingerprint density at radius 2 is 2.18 bits per heavy atom. The van der Waals surface area contributed by atoms with Crippen molar-refractivity contribution in [2.45, 2.75) is 12.6 Å². The van der Waals surface area contributed by atoms with Crippen molar-refractivity contribution in [3.63, 3.8) is 0 Å². The maximum Gasteiger partial charge on any atom is 0.239 e. The van der Waals surface area contributed by atoms with Crippen molar-refractivity contribution in [3.05, 3.63) is 48.6 Å². The molecule has 0 aliphatic rings. The van der Waals surface area contributed by atoms with Crippen LogP contribution in [0, 0.1) is 0 Å². The van der Waals surface area contributed by atoms with Crippen molar-refractivity contribution >= 4 is 5.91 Å². The van der Waals surface area contributed by atoms with Crippen LogP contribution in [0.2, 0.25) is 0 Å². The monoisotopic (exact) mass is 234 g/mol. The van der Waals surface area contributed by atoms with Crippen LogP contribution in [-0.2, 0) is 16.1 Å². The second-order valence-electron chi connectivity index (χ2n) is 3.64. The van der Waals surface area contributed by atoms with E-state index in [4.69, 9.17) is 10.5 Å². The van der Waals surface area contributed by atoms with Crippen molar-refractivity contribution in [3.8, 4) is 0 Å². The Hall–Kier alpha value is -1.65. The third kappa shape index (κ3) is 5.29. The van der Waals surface area contributed by atoms with E-state index in [0.717, 1.165) is 5.56 Å². The van der Waals surface area contributed by atoms with Gasteiger partial charge in [-0.05, 0) is 5.56 Å². The lowest BCUT2D eigenvalue weighted by Gasteiger charge is -2.12. The minimum absolute atomic E-state index is 0.201. The third-order valence-corrected chi connectivity index (χ3v) is 2.18. The number of benzene rings is 1. The van der Waals surface area contributed by atoms with E-state index >= 15 is 0 Å². The predicted molar refractivity (Wildman–Crippen MR) is 67.3 cm³/mol. The summed E-state index contributed by atoms with van der Waals surface area (Å²) in [5.41, 5.74) is 6.69. The maximum absolute atomic E-state index is 11.6. The van der Waals surface area contributed by atoms with Gasteiger partial charge in [0.2, 0.25) is 5.91 Å². The van der Waals surface area contributed by atoms with Gasteiger partial charge in [0, 0.05) is 6.54 Å². The first-order chi connectivity index (χ1) is 8.24. The second-order valence-corrected chi connectivity index (χ2v) is 3.64. The van der Waals surface area contributed by atoms with E-state index in [0.29, 0.717) is 13.2 Å². The van der Waals surface area contributed by atoms with Gasteiger partial charge in [0.25, 0.3) is 0 Å². The van der Waals surface area contributed by atoms with Gasteiger partial charge in [-0.2, -0.15) is 0 Å². The second kappa shape index (κ2) is 7.60. The van der Waals surface area contributed by atoms with Gasteiger partial charge in [0.1, 0.15) is 6.04 Å². The van der Waals surface area contributed by atoms with Gasteiger partial charge in [-0.25, -0.2) is 0 Å². The summed E-state index contributed by atoms with van der Waals surface area (Å²) in [5, 5.41) is 2.76. The minimum Gasteiger partial charge on any atom is -0.375 e. The third-order valence-electron chi connectivity index (χ3n) is 2.18. The topological polar surface area (TPSA) is 64.3 Å². The molecule has 0 aliphatic carbocycles. The molecule has 4 heteroatoms. The summed E-state index contributed by atoms with van der Waals surface area (Å²) in [4.78, 5) is 11.6. The van der Waals surface area contributed by atoms with Crippen molar-refractivity contribution in [2.24, 2.45) is 5.73 Å². The number of hydrogen-bond donors (Lipinski definition) is 2. The highest BCUT2D eigenvalue weighted by molar-refractivity contribution is 5.81. The fourth-order valence-corrected chi connectivity index (χ4v) is 1.27. The zero-order valence-electron chi connectivity index (χ0n) is 9.76. The Bertz CT molecular complexity index is 352. The molecule has 1 aromatic carbocycles. The molecule has 1 amide bonds. The Morgan fingerprint density at radius 3 is 2.82 bits per heavy atom. The number of ether oxygens (including phenoxy) is 1. The number of hydrogen-bond acceptors (Lipinski definition) is 3. The SMILES string of the molecule is C=CCOC[C@H](N)C(=O)NCc1ccccc1. The van der Waals surface area contributed by atoms with Crippen molar-refractivity contribution in [1.29, 1.82) is 0 Å². The van der Waals surface area contributed by atoms with Gasteiger partial charge in [-0.3, -0.25) is 4.79 Å². The molecule has 1 atom stereocenters. The number of amides is 1.